The smallest absolute Gasteiger partial charge is 0.298 e. The fraction of sp³-hybridized carbons (Fsp3) is 0.206. The third-order valence-corrected chi connectivity index (χ3v) is 9.29. The second kappa shape index (κ2) is 12.6. The Kier molecular flexibility index (Phi) is 8.19. The summed E-state index contributed by atoms with van der Waals surface area (Å²) in [5, 5.41) is 7.08. The standard InChI is InChI=1S/C34H29F2N7O4S/c1-20-7-9-23(12-28(20)47-24-5-3-2-4-6-24)43-27-13-29(48-32(27)41-30(37)33(43)45)31(44)39-15-21-14-34(46-16-21,17-42-19-38-18-40-42)25-10-8-22(35)11-26(25)36/h2-13,18-19,21H,14-17H2,1H3,(H2,37,41)(H,39,44). The van der Waals surface area contributed by atoms with Gasteiger partial charge in [-0.3, -0.25) is 14.2 Å². The lowest BCUT2D eigenvalue weighted by Gasteiger charge is -2.29. The van der Waals surface area contributed by atoms with Crippen LogP contribution in [0.3, 0.4) is 0 Å². The predicted molar refractivity (Wildman–Crippen MR) is 175 cm³/mol. The lowest BCUT2D eigenvalue weighted by atomic mass is 9.86. The van der Waals surface area contributed by atoms with E-state index in [-0.39, 0.29) is 42.9 Å². The number of nitrogens with one attached hydrogen (secondary N) is 1. The van der Waals surface area contributed by atoms with Crippen LogP contribution in [0, 0.1) is 24.5 Å². The highest BCUT2D eigenvalue weighted by Gasteiger charge is 2.44. The normalized spacial score (nSPS) is 17.5. The number of halogens is 2. The summed E-state index contributed by atoms with van der Waals surface area (Å²) in [5.41, 5.74) is 6.35. The Morgan fingerprint density at radius 2 is 1.98 bits per heavy atom. The number of thiophene rings is 1. The van der Waals surface area contributed by atoms with Crippen LogP contribution in [0.1, 0.15) is 27.2 Å². The van der Waals surface area contributed by atoms with Gasteiger partial charge in [0.05, 0.1) is 29.2 Å². The van der Waals surface area contributed by atoms with Gasteiger partial charge in [-0.1, -0.05) is 30.3 Å². The lowest BCUT2D eigenvalue weighted by Crippen LogP contribution is -2.34. The average Bonchev–Trinajstić information content (AvgIpc) is 3.83. The van der Waals surface area contributed by atoms with Crippen LogP contribution in [0.5, 0.6) is 11.5 Å². The first-order valence-corrected chi connectivity index (χ1v) is 15.9. The number of rotatable bonds is 9. The molecule has 0 aliphatic carbocycles. The molecular formula is C34H29F2N7O4S. The maximum Gasteiger partial charge on any atom is 0.298 e. The highest BCUT2D eigenvalue weighted by molar-refractivity contribution is 7.20. The van der Waals surface area contributed by atoms with Gasteiger partial charge in [-0.2, -0.15) is 5.10 Å². The number of carbonyl (C=O) groups excluding carboxylic acids is 1. The Balaban J connectivity index is 1.12. The van der Waals surface area contributed by atoms with E-state index in [1.807, 2.05) is 43.3 Å². The van der Waals surface area contributed by atoms with E-state index in [9.17, 15) is 14.0 Å². The highest BCUT2D eigenvalue weighted by Crippen LogP contribution is 2.41. The largest absolute Gasteiger partial charge is 0.457 e. The minimum atomic E-state index is -1.15. The number of para-hydroxylation sites is 1. The van der Waals surface area contributed by atoms with Crippen LogP contribution in [-0.2, 0) is 16.9 Å². The molecule has 7 rings (SSSR count). The summed E-state index contributed by atoms with van der Waals surface area (Å²) in [7, 11) is 0. The number of carbonyl (C=O) groups is 1. The summed E-state index contributed by atoms with van der Waals surface area (Å²) in [6.07, 6.45) is 3.20. The number of hydrogen-bond donors (Lipinski definition) is 2. The number of aromatic nitrogens is 5. The molecule has 3 N–H and O–H groups in total. The first-order chi connectivity index (χ1) is 23.2. The fourth-order valence-corrected chi connectivity index (χ4v) is 6.89. The number of hydrogen-bond acceptors (Lipinski definition) is 9. The van der Waals surface area contributed by atoms with Gasteiger partial charge in [0.2, 0.25) is 0 Å². The number of nitrogen functional groups attached to an aromatic ring is 1. The molecule has 2 atom stereocenters. The van der Waals surface area contributed by atoms with Crippen molar-refractivity contribution in [2.45, 2.75) is 25.5 Å². The van der Waals surface area contributed by atoms with Gasteiger partial charge in [-0.25, -0.2) is 23.4 Å². The Labute approximate surface area is 276 Å². The van der Waals surface area contributed by atoms with Crippen molar-refractivity contribution in [1.29, 1.82) is 0 Å². The van der Waals surface area contributed by atoms with Crippen LogP contribution in [0.4, 0.5) is 14.6 Å². The molecule has 1 amide bonds. The average molecular weight is 670 g/mol. The first-order valence-electron chi connectivity index (χ1n) is 15.1. The number of nitrogens with zero attached hydrogens (tertiary/aromatic N) is 5. The van der Waals surface area contributed by atoms with Gasteiger partial charge in [0.25, 0.3) is 11.5 Å². The molecule has 4 heterocycles. The molecule has 6 aromatic rings. The lowest BCUT2D eigenvalue weighted by molar-refractivity contribution is -0.0203. The molecule has 48 heavy (non-hydrogen) atoms. The summed E-state index contributed by atoms with van der Waals surface area (Å²) in [6.45, 7) is 2.49. The number of nitrogens with two attached hydrogens (primary N) is 1. The number of anilines is 1. The number of amides is 1. The van der Waals surface area contributed by atoms with E-state index < -0.39 is 22.8 Å². The predicted octanol–water partition coefficient (Wildman–Crippen LogP) is 5.36. The fourth-order valence-electron chi connectivity index (χ4n) is 5.95. The van der Waals surface area contributed by atoms with E-state index in [4.69, 9.17) is 15.2 Å². The molecule has 2 unspecified atom stereocenters. The van der Waals surface area contributed by atoms with Gasteiger partial charge < -0.3 is 20.5 Å². The topological polar surface area (TPSA) is 139 Å². The molecule has 1 aliphatic heterocycles. The molecule has 1 aliphatic rings. The van der Waals surface area contributed by atoms with Gasteiger partial charge >= 0.3 is 0 Å². The Hall–Kier alpha value is -5.47. The summed E-state index contributed by atoms with van der Waals surface area (Å²) < 4.78 is 44.0. The van der Waals surface area contributed by atoms with Crippen molar-refractivity contribution < 1.29 is 23.0 Å². The molecule has 14 heteroatoms. The van der Waals surface area contributed by atoms with Crippen molar-refractivity contribution >= 4 is 33.4 Å². The third-order valence-electron chi connectivity index (χ3n) is 8.27. The first kappa shape index (κ1) is 31.1. The zero-order valence-corrected chi connectivity index (χ0v) is 26.4. The second-order valence-corrected chi connectivity index (χ2v) is 12.6. The van der Waals surface area contributed by atoms with Gasteiger partial charge in [0.1, 0.15) is 46.2 Å². The van der Waals surface area contributed by atoms with E-state index in [0.29, 0.717) is 38.8 Å². The van der Waals surface area contributed by atoms with Crippen LogP contribution in [0.25, 0.3) is 16.0 Å². The number of ether oxygens (including phenoxy) is 2. The molecule has 0 bridgehead atoms. The number of benzene rings is 3. The number of aryl methyl sites for hydroxylation is 1. The minimum Gasteiger partial charge on any atom is -0.457 e. The van der Waals surface area contributed by atoms with Crippen molar-refractivity contribution in [1.82, 2.24) is 29.6 Å². The second-order valence-electron chi connectivity index (χ2n) is 11.6. The summed E-state index contributed by atoms with van der Waals surface area (Å²) in [4.78, 5) is 35.7. The van der Waals surface area contributed by atoms with Gasteiger partial charge in [-0.15, -0.1) is 11.3 Å². The maximum absolute atomic E-state index is 15.0. The van der Waals surface area contributed by atoms with E-state index in [1.165, 1.54) is 34.0 Å². The zero-order valence-electron chi connectivity index (χ0n) is 25.6. The Bertz CT molecular complexity index is 2190. The molecular weight excluding hydrogens is 640 g/mol. The van der Waals surface area contributed by atoms with E-state index >= 15 is 4.39 Å². The highest BCUT2D eigenvalue weighted by atomic mass is 32.1. The third kappa shape index (κ3) is 6.02. The molecule has 3 aromatic heterocycles. The molecule has 1 saturated heterocycles. The molecule has 0 radical (unpaired) electrons. The zero-order chi connectivity index (χ0) is 33.4. The molecule has 11 nitrogen and oxygen atoms in total. The van der Waals surface area contributed by atoms with Crippen molar-refractivity contribution in [3.63, 3.8) is 0 Å². The van der Waals surface area contributed by atoms with Crippen LogP contribution >= 0.6 is 11.3 Å². The monoisotopic (exact) mass is 669 g/mol. The van der Waals surface area contributed by atoms with Crippen LogP contribution < -0.4 is 21.3 Å². The minimum absolute atomic E-state index is 0.151. The van der Waals surface area contributed by atoms with Crippen molar-refractivity contribution in [3.05, 3.63) is 123 Å². The van der Waals surface area contributed by atoms with Crippen molar-refractivity contribution in [3.8, 4) is 17.2 Å². The van der Waals surface area contributed by atoms with Gasteiger partial charge in [0, 0.05) is 30.2 Å². The SMILES string of the molecule is Cc1ccc(-n2c(=O)c(N)nc3sc(C(=O)NCC4COC(Cn5cncn5)(c5ccc(F)cc5F)C4)cc32)cc1Oc1ccccc1. The number of fused-ring (bicyclic) bond motifs is 1. The summed E-state index contributed by atoms with van der Waals surface area (Å²) in [6, 6.07) is 19.7. The van der Waals surface area contributed by atoms with E-state index in [1.54, 1.807) is 18.2 Å². The molecule has 0 spiro atoms. The Morgan fingerprint density at radius 3 is 2.75 bits per heavy atom. The summed E-state index contributed by atoms with van der Waals surface area (Å²) >= 11 is 1.10. The maximum atomic E-state index is 15.0. The quantitative estimate of drug-likeness (QED) is 0.210. The van der Waals surface area contributed by atoms with E-state index in [2.05, 4.69) is 20.4 Å². The Morgan fingerprint density at radius 1 is 1.15 bits per heavy atom. The summed E-state index contributed by atoms with van der Waals surface area (Å²) in [5.74, 6) is -1.00. The van der Waals surface area contributed by atoms with Crippen LogP contribution in [-0.4, -0.2) is 43.4 Å². The van der Waals surface area contributed by atoms with Gasteiger partial charge in [0.15, 0.2) is 5.82 Å². The van der Waals surface area contributed by atoms with Crippen molar-refractivity contribution in [2.24, 2.45) is 5.92 Å². The molecule has 0 saturated carbocycles. The van der Waals surface area contributed by atoms with Crippen LogP contribution in [0.15, 0.2) is 90.2 Å². The van der Waals surface area contributed by atoms with E-state index in [0.717, 1.165) is 23.0 Å². The van der Waals surface area contributed by atoms with Crippen LogP contribution in [0.2, 0.25) is 0 Å². The van der Waals surface area contributed by atoms with Crippen molar-refractivity contribution in [2.75, 3.05) is 18.9 Å². The molecule has 3 aromatic carbocycles. The molecule has 1 fully saturated rings. The van der Waals surface area contributed by atoms with Gasteiger partial charge in [-0.05, 0) is 49.2 Å². The molecule has 244 valence electrons.